The molecule has 1 unspecified atom stereocenters. The van der Waals surface area contributed by atoms with Crippen molar-refractivity contribution in [2.75, 3.05) is 0 Å². The second-order valence-corrected chi connectivity index (χ2v) is 5.55. The Morgan fingerprint density at radius 2 is 1.78 bits per heavy atom. The fourth-order valence-corrected chi connectivity index (χ4v) is 2.81. The van der Waals surface area contributed by atoms with Crippen LogP contribution in [0.1, 0.15) is 18.1 Å². The van der Waals surface area contributed by atoms with Gasteiger partial charge < -0.3 is 9.47 Å². The second-order valence-electron chi connectivity index (χ2n) is 5.55. The van der Waals surface area contributed by atoms with Crippen LogP contribution in [0, 0.1) is 10.1 Å². The van der Waals surface area contributed by atoms with E-state index in [9.17, 15) is 10.1 Å². The van der Waals surface area contributed by atoms with E-state index in [0.29, 0.717) is 11.3 Å². The van der Waals surface area contributed by atoms with E-state index in [2.05, 4.69) is 0 Å². The second kappa shape index (κ2) is 4.71. The topological polar surface area (TPSA) is 61.6 Å². The molecule has 2 aromatic carbocycles. The molecule has 1 spiro atoms. The molecule has 0 radical (unpaired) electrons. The molecule has 23 heavy (non-hydrogen) atoms. The Labute approximate surface area is 132 Å². The van der Waals surface area contributed by atoms with Gasteiger partial charge in [-0.05, 0) is 31.2 Å². The van der Waals surface area contributed by atoms with Gasteiger partial charge in [0.15, 0.2) is 0 Å². The summed E-state index contributed by atoms with van der Waals surface area (Å²) >= 11 is 0. The third-order valence-corrected chi connectivity index (χ3v) is 4.05. The quantitative estimate of drug-likeness (QED) is 0.585. The Kier molecular flexibility index (Phi) is 2.78. The molecule has 0 saturated heterocycles. The zero-order valence-electron chi connectivity index (χ0n) is 12.4. The van der Waals surface area contributed by atoms with Gasteiger partial charge in [-0.25, -0.2) is 0 Å². The molecule has 0 saturated carbocycles. The van der Waals surface area contributed by atoms with E-state index in [1.165, 1.54) is 12.1 Å². The number of ether oxygens (including phenoxy) is 2. The average Bonchev–Trinajstić information content (AvgIpc) is 2.55. The van der Waals surface area contributed by atoms with Gasteiger partial charge in [0.1, 0.15) is 11.5 Å². The number of benzene rings is 2. The summed E-state index contributed by atoms with van der Waals surface area (Å²) in [7, 11) is 0. The summed E-state index contributed by atoms with van der Waals surface area (Å²) in [6.45, 7) is 1.89. The summed E-state index contributed by atoms with van der Waals surface area (Å²) in [6.07, 6.45) is 5.70. The highest BCUT2D eigenvalue weighted by atomic mass is 16.7. The summed E-state index contributed by atoms with van der Waals surface area (Å²) in [4.78, 5) is 10.5. The number of rotatable bonds is 1. The molecule has 0 aromatic heterocycles. The Bertz CT molecular complexity index is 884. The lowest BCUT2D eigenvalue weighted by Gasteiger charge is -2.38. The minimum Gasteiger partial charge on any atom is -0.444 e. The number of non-ortho nitro benzene ring substituents is 1. The molecule has 0 N–H and O–H groups in total. The van der Waals surface area contributed by atoms with Crippen molar-refractivity contribution in [1.82, 2.24) is 0 Å². The van der Waals surface area contributed by atoms with Gasteiger partial charge in [0.2, 0.25) is 0 Å². The molecular weight excluding hydrogens is 294 g/mol. The standard InChI is InChI=1S/C18H13NO4/c1-12-10-14-11-15(19(20)21)6-7-17(14)23-18(12)9-8-13-4-2-3-5-16(13)22-18/h2-11H,1H3. The maximum atomic E-state index is 10.9. The zero-order chi connectivity index (χ0) is 16.0. The number of nitrogens with zero attached hydrogens (tertiary/aromatic N) is 1. The molecule has 4 rings (SSSR count). The summed E-state index contributed by atoms with van der Waals surface area (Å²) < 4.78 is 12.2. The van der Waals surface area contributed by atoms with Gasteiger partial charge in [-0.1, -0.05) is 18.2 Å². The zero-order valence-corrected chi connectivity index (χ0v) is 12.4. The fourth-order valence-electron chi connectivity index (χ4n) is 2.81. The van der Waals surface area contributed by atoms with Gasteiger partial charge in [0, 0.05) is 34.9 Å². The minimum atomic E-state index is -1.00. The van der Waals surface area contributed by atoms with E-state index >= 15 is 0 Å². The van der Waals surface area contributed by atoms with Crippen molar-refractivity contribution in [2.24, 2.45) is 0 Å². The summed E-state index contributed by atoms with van der Waals surface area (Å²) in [6, 6.07) is 12.3. The molecule has 5 heteroatoms. The molecule has 114 valence electrons. The van der Waals surface area contributed by atoms with Crippen LogP contribution in [0.4, 0.5) is 5.69 Å². The molecule has 2 heterocycles. The maximum Gasteiger partial charge on any atom is 0.294 e. The summed E-state index contributed by atoms with van der Waals surface area (Å²) in [5, 5.41) is 10.9. The third kappa shape index (κ3) is 2.09. The van der Waals surface area contributed by atoms with Gasteiger partial charge >= 0.3 is 0 Å². The van der Waals surface area contributed by atoms with E-state index in [1.54, 1.807) is 6.07 Å². The normalized spacial score (nSPS) is 20.8. The van der Waals surface area contributed by atoms with Crippen molar-refractivity contribution < 1.29 is 14.4 Å². The van der Waals surface area contributed by atoms with Crippen LogP contribution in [0.25, 0.3) is 12.2 Å². The van der Waals surface area contributed by atoms with E-state index in [4.69, 9.17) is 9.47 Å². The number of para-hydroxylation sites is 1. The van der Waals surface area contributed by atoms with Gasteiger partial charge in [-0.15, -0.1) is 0 Å². The molecule has 0 amide bonds. The number of hydrogen-bond donors (Lipinski definition) is 0. The molecule has 2 aliphatic rings. The SMILES string of the molecule is CC1=Cc2cc([N+](=O)[O-])ccc2OC12C=Cc1ccccc1O2. The van der Waals surface area contributed by atoms with Crippen molar-refractivity contribution >= 4 is 17.8 Å². The lowest BCUT2D eigenvalue weighted by Crippen LogP contribution is -2.44. The van der Waals surface area contributed by atoms with E-state index in [-0.39, 0.29) is 5.69 Å². The predicted octanol–water partition coefficient (Wildman–Crippen LogP) is 4.19. The largest absolute Gasteiger partial charge is 0.444 e. The first kappa shape index (κ1) is 13.6. The first-order chi connectivity index (χ1) is 11.1. The average molecular weight is 307 g/mol. The van der Waals surface area contributed by atoms with Crippen molar-refractivity contribution in [3.8, 4) is 11.5 Å². The minimum absolute atomic E-state index is 0.0396. The smallest absolute Gasteiger partial charge is 0.294 e. The Hall–Kier alpha value is -3.08. The molecule has 0 aliphatic carbocycles. The van der Waals surface area contributed by atoms with E-state index in [0.717, 1.165) is 16.9 Å². The highest BCUT2D eigenvalue weighted by Crippen LogP contribution is 2.42. The maximum absolute atomic E-state index is 10.9. The highest BCUT2D eigenvalue weighted by Gasteiger charge is 2.40. The van der Waals surface area contributed by atoms with Crippen LogP contribution in [0.3, 0.4) is 0 Å². The van der Waals surface area contributed by atoms with Gasteiger partial charge in [-0.3, -0.25) is 10.1 Å². The summed E-state index contributed by atoms with van der Waals surface area (Å²) in [5.41, 5.74) is 2.54. The first-order valence-electron chi connectivity index (χ1n) is 7.21. The Morgan fingerprint density at radius 3 is 2.57 bits per heavy atom. The van der Waals surface area contributed by atoms with Crippen molar-refractivity contribution in [2.45, 2.75) is 12.7 Å². The third-order valence-electron chi connectivity index (χ3n) is 4.05. The van der Waals surface area contributed by atoms with Crippen LogP contribution in [-0.2, 0) is 0 Å². The Balaban J connectivity index is 1.77. The fraction of sp³-hybridized carbons (Fsp3) is 0.111. The van der Waals surface area contributed by atoms with Gasteiger partial charge in [0.05, 0.1) is 4.92 Å². The first-order valence-corrected chi connectivity index (χ1v) is 7.21. The molecule has 0 bridgehead atoms. The molecule has 1 atom stereocenters. The van der Waals surface area contributed by atoms with Crippen molar-refractivity contribution in [1.29, 1.82) is 0 Å². The van der Waals surface area contributed by atoms with Gasteiger partial charge in [-0.2, -0.15) is 0 Å². The van der Waals surface area contributed by atoms with Crippen LogP contribution in [0.5, 0.6) is 11.5 Å². The lowest BCUT2D eigenvalue weighted by molar-refractivity contribution is -0.384. The van der Waals surface area contributed by atoms with Crippen molar-refractivity contribution in [3.05, 3.63) is 75.4 Å². The van der Waals surface area contributed by atoms with Crippen LogP contribution < -0.4 is 9.47 Å². The molecule has 0 fully saturated rings. The Morgan fingerprint density at radius 1 is 1.04 bits per heavy atom. The molecule has 5 nitrogen and oxygen atoms in total. The number of hydrogen-bond acceptors (Lipinski definition) is 4. The molecule has 2 aliphatic heterocycles. The monoisotopic (exact) mass is 307 g/mol. The number of fused-ring (bicyclic) bond motifs is 2. The molecular formula is C18H13NO4. The lowest BCUT2D eigenvalue weighted by atomic mass is 9.96. The van der Waals surface area contributed by atoms with Crippen LogP contribution in [0.2, 0.25) is 0 Å². The summed E-state index contributed by atoms with van der Waals surface area (Å²) in [5.74, 6) is 0.302. The highest BCUT2D eigenvalue weighted by molar-refractivity contribution is 5.70. The van der Waals surface area contributed by atoms with Crippen LogP contribution in [0.15, 0.2) is 54.1 Å². The van der Waals surface area contributed by atoms with E-state index < -0.39 is 10.7 Å². The van der Waals surface area contributed by atoms with Crippen LogP contribution in [-0.4, -0.2) is 10.7 Å². The number of nitro benzene ring substituents is 1. The predicted molar refractivity (Wildman–Crippen MR) is 86.2 cm³/mol. The van der Waals surface area contributed by atoms with Gasteiger partial charge in [0.25, 0.3) is 11.5 Å². The molecule has 2 aromatic rings. The van der Waals surface area contributed by atoms with Crippen molar-refractivity contribution in [3.63, 3.8) is 0 Å². The van der Waals surface area contributed by atoms with Crippen LogP contribution >= 0.6 is 0 Å². The van der Waals surface area contributed by atoms with E-state index in [1.807, 2.05) is 49.4 Å². The number of nitro groups is 1.